The molecule has 1 fully saturated rings. The Labute approximate surface area is 188 Å². The fourth-order valence-corrected chi connectivity index (χ4v) is 3.89. The zero-order valence-electron chi connectivity index (χ0n) is 17.2. The predicted molar refractivity (Wildman–Crippen MR) is 128 cm³/mol. The van der Waals surface area contributed by atoms with Gasteiger partial charge in [0.05, 0.1) is 10.6 Å². The van der Waals surface area contributed by atoms with Crippen LogP contribution in [-0.4, -0.2) is 35.9 Å². The first-order valence-corrected chi connectivity index (χ1v) is 10.0. The van der Waals surface area contributed by atoms with Crippen LogP contribution in [0.4, 0.5) is 17.1 Å². The minimum absolute atomic E-state index is 0.0274. The van der Waals surface area contributed by atoms with E-state index in [2.05, 4.69) is 5.32 Å². The largest absolute Gasteiger partial charge is 0.377 e. The van der Waals surface area contributed by atoms with Crippen molar-refractivity contribution in [2.45, 2.75) is 0 Å². The molecule has 9 heteroatoms. The number of hydrogen-bond donors (Lipinski definition) is 1. The molecule has 0 aliphatic carbocycles. The summed E-state index contributed by atoms with van der Waals surface area (Å²) in [6.45, 7) is 0. The first-order chi connectivity index (χ1) is 15.3. The van der Waals surface area contributed by atoms with Crippen LogP contribution in [0.2, 0.25) is 0 Å². The Bertz CT molecular complexity index is 1330. The molecule has 1 saturated heterocycles. The lowest BCUT2D eigenvalue weighted by Gasteiger charge is -2.30. The number of carbonyl (C=O) groups is 2. The zero-order chi connectivity index (χ0) is 23.0. The second-order valence-corrected chi connectivity index (χ2v) is 7.74. The lowest BCUT2D eigenvalue weighted by molar-refractivity contribution is -0.384. The topological polar surface area (TPSA) is 95.8 Å². The number of benzene rings is 3. The van der Waals surface area contributed by atoms with Gasteiger partial charge in [-0.1, -0.05) is 36.4 Å². The Morgan fingerprint density at radius 3 is 2.50 bits per heavy atom. The van der Waals surface area contributed by atoms with Crippen molar-refractivity contribution >= 4 is 63.1 Å². The number of hydrogen-bond acceptors (Lipinski definition) is 6. The van der Waals surface area contributed by atoms with E-state index >= 15 is 0 Å². The molecule has 1 aliphatic rings. The van der Waals surface area contributed by atoms with Crippen LogP contribution in [0.15, 0.2) is 66.2 Å². The highest BCUT2D eigenvalue weighted by Gasteiger charge is 2.35. The fraction of sp³-hybridized carbons (Fsp3) is 0.0870. The molecule has 0 radical (unpaired) electrons. The van der Waals surface area contributed by atoms with Crippen molar-refractivity contribution in [1.82, 2.24) is 5.32 Å². The Balaban J connectivity index is 1.86. The number of nitro benzene ring substituents is 1. The maximum absolute atomic E-state index is 13.5. The van der Waals surface area contributed by atoms with Gasteiger partial charge in [0.15, 0.2) is 5.11 Å². The number of nitrogens with one attached hydrogen (secondary N) is 1. The maximum Gasteiger partial charge on any atom is 0.270 e. The van der Waals surface area contributed by atoms with Crippen molar-refractivity contribution in [2.24, 2.45) is 0 Å². The van der Waals surface area contributed by atoms with Crippen LogP contribution in [-0.2, 0) is 9.59 Å². The Hall–Kier alpha value is -4.11. The summed E-state index contributed by atoms with van der Waals surface area (Å²) in [5, 5.41) is 15.5. The van der Waals surface area contributed by atoms with Crippen molar-refractivity contribution in [1.29, 1.82) is 0 Å². The predicted octanol–water partition coefficient (Wildman–Crippen LogP) is 3.65. The standard InChI is InChI=1S/C23H18N4O4S/c1-25(2)19-11-10-16(27(30)31)12-15(19)13-18-21(28)24-23(32)26(22(18)29)20-9-5-7-14-6-3-4-8-17(14)20/h3-13H,1-2H3,(H,24,28,32)/b18-13+. The summed E-state index contributed by atoms with van der Waals surface area (Å²) < 4.78 is 0. The molecule has 0 unspecified atom stereocenters. The Kier molecular flexibility index (Phi) is 5.41. The number of fused-ring (bicyclic) bond motifs is 1. The van der Waals surface area contributed by atoms with E-state index in [9.17, 15) is 19.7 Å². The molecule has 8 nitrogen and oxygen atoms in total. The van der Waals surface area contributed by atoms with Crippen LogP contribution in [0.25, 0.3) is 16.8 Å². The third kappa shape index (κ3) is 3.69. The van der Waals surface area contributed by atoms with Crippen LogP contribution in [0.5, 0.6) is 0 Å². The molecular weight excluding hydrogens is 428 g/mol. The monoisotopic (exact) mass is 446 g/mol. The molecule has 2 amide bonds. The number of carbonyl (C=O) groups excluding carboxylic acids is 2. The van der Waals surface area contributed by atoms with E-state index in [4.69, 9.17) is 12.2 Å². The van der Waals surface area contributed by atoms with Crippen molar-refractivity contribution in [3.05, 3.63) is 81.9 Å². The van der Waals surface area contributed by atoms with Gasteiger partial charge in [-0.2, -0.15) is 0 Å². The van der Waals surface area contributed by atoms with E-state index in [1.807, 2.05) is 30.3 Å². The molecule has 4 rings (SSSR count). The lowest BCUT2D eigenvalue weighted by atomic mass is 10.0. The molecule has 32 heavy (non-hydrogen) atoms. The van der Waals surface area contributed by atoms with Crippen molar-refractivity contribution in [3.63, 3.8) is 0 Å². The van der Waals surface area contributed by atoms with E-state index < -0.39 is 16.7 Å². The number of non-ortho nitro benzene ring substituents is 1. The summed E-state index contributed by atoms with van der Waals surface area (Å²) in [6, 6.07) is 17.3. The average molecular weight is 446 g/mol. The molecule has 1 N–H and O–H groups in total. The number of anilines is 2. The first-order valence-electron chi connectivity index (χ1n) is 9.63. The van der Waals surface area contributed by atoms with E-state index in [1.54, 1.807) is 37.2 Å². The molecule has 0 aromatic heterocycles. The molecule has 0 saturated carbocycles. The second-order valence-electron chi connectivity index (χ2n) is 7.35. The van der Waals surface area contributed by atoms with Crippen LogP contribution >= 0.6 is 12.2 Å². The summed E-state index contributed by atoms with van der Waals surface area (Å²) in [5.41, 5.74) is 1.21. The number of nitrogens with zero attached hydrogens (tertiary/aromatic N) is 3. The van der Waals surface area contributed by atoms with E-state index in [0.717, 1.165) is 10.8 Å². The van der Waals surface area contributed by atoms with Gasteiger partial charge >= 0.3 is 0 Å². The summed E-state index contributed by atoms with van der Waals surface area (Å²) >= 11 is 5.31. The lowest BCUT2D eigenvalue weighted by Crippen LogP contribution is -2.54. The maximum atomic E-state index is 13.5. The molecule has 160 valence electrons. The molecule has 0 bridgehead atoms. The van der Waals surface area contributed by atoms with Gasteiger partial charge in [0.25, 0.3) is 17.5 Å². The molecular formula is C23H18N4O4S. The third-order valence-corrected chi connectivity index (χ3v) is 5.40. The fourth-order valence-electron chi connectivity index (χ4n) is 3.61. The highest BCUT2D eigenvalue weighted by molar-refractivity contribution is 7.80. The summed E-state index contributed by atoms with van der Waals surface area (Å²) in [4.78, 5) is 39.9. The van der Waals surface area contributed by atoms with Crippen molar-refractivity contribution in [3.8, 4) is 0 Å². The van der Waals surface area contributed by atoms with E-state index in [0.29, 0.717) is 16.9 Å². The minimum atomic E-state index is -0.660. The average Bonchev–Trinajstić information content (AvgIpc) is 2.76. The van der Waals surface area contributed by atoms with Gasteiger partial charge in [-0.05, 0) is 35.8 Å². The second kappa shape index (κ2) is 8.20. The molecule has 0 spiro atoms. The van der Waals surface area contributed by atoms with E-state index in [-0.39, 0.29) is 16.4 Å². The van der Waals surface area contributed by atoms with Gasteiger partial charge < -0.3 is 4.90 Å². The zero-order valence-corrected chi connectivity index (χ0v) is 18.1. The Morgan fingerprint density at radius 1 is 1.06 bits per heavy atom. The number of amides is 2. The number of nitro groups is 1. The van der Waals surface area contributed by atoms with Gasteiger partial charge in [-0.3, -0.25) is 29.9 Å². The van der Waals surface area contributed by atoms with Crippen LogP contribution < -0.4 is 15.1 Å². The number of thiocarbonyl (C=S) groups is 1. The quantitative estimate of drug-likeness (QED) is 0.216. The van der Waals surface area contributed by atoms with Crippen LogP contribution in [0.1, 0.15) is 5.56 Å². The molecule has 1 heterocycles. The summed E-state index contributed by atoms with van der Waals surface area (Å²) in [7, 11) is 3.53. The Morgan fingerprint density at radius 2 is 1.78 bits per heavy atom. The van der Waals surface area contributed by atoms with Gasteiger partial charge in [0.1, 0.15) is 5.57 Å². The van der Waals surface area contributed by atoms with E-state index in [1.165, 1.54) is 23.1 Å². The highest BCUT2D eigenvalue weighted by atomic mass is 32.1. The van der Waals surface area contributed by atoms with Gasteiger partial charge in [0, 0.05) is 42.9 Å². The van der Waals surface area contributed by atoms with Crippen molar-refractivity contribution in [2.75, 3.05) is 23.9 Å². The minimum Gasteiger partial charge on any atom is -0.377 e. The SMILES string of the molecule is CN(C)c1ccc([N+](=O)[O-])cc1/C=C1\C(=O)NC(=S)N(c2cccc3ccccc23)C1=O. The third-order valence-electron chi connectivity index (χ3n) is 5.11. The van der Waals surface area contributed by atoms with Gasteiger partial charge in [-0.25, -0.2) is 0 Å². The van der Waals surface area contributed by atoms with Gasteiger partial charge in [0.2, 0.25) is 0 Å². The molecule has 1 aliphatic heterocycles. The van der Waals surface area contributed by atoms with Crippen LogP contribution in [0.3, 0.4) is 0 Å². The summed E-state index contributed by atoms with van der Waals surface area (Å²) in [5.74, 6) is -1.26. The van der Waals surface area contributed by atoms with Crippen LogP contribution in [0, 0.1) is 10.1 Å². The normalized spacial score (nSPS) is 15.2. The smallest absolute Gasteiger partial charge is 0.270 e. The molecule has 0 atom stereocenters. The number of rotatable bonds is 4. The van der Waals surface area contributed by atoms with Gasteiger partial charge in [-0.15, -0.1) is 0 Å². The molecule has 3 aromatic rings. The summed E-state index contributed by atoms with van der Waals surface area (Å²) in [6.07, 6.45) is 1.36. The molecule has 3 aromatic carbocycles. The highest BCUT2D eigenvalue weighted by Crippen LogP contribution is 2.31. The first kappa shape index (κ1) is 21.1. The van der Waals surface area contributed by atoms with Crippen molar-refractivity contribution < 1.29 is 14.5 Å².